The molecule has 0 saturated carbocycles. The molecule has 20 heavy (non-hydrogen) atoms. The molecule has 2 aromatic heterocycles. The molecular weight excluding hydrogens is 277 g/mol. The van der Waals surface area contributed by atoms with Crippen molar-refractivity contribution in [2.24, 2.45) is 7.05 Å². The summed E-state index contributed by atoms with van der Waals surface area (Å²) in [5.74, 6) is 0.395. The molecule has 3 rings (SSSR count). The number of hydrogen-bond donors (Lipinski definition) is 0. The standard InChI is InChI=1S/C13H10FN5S/c1-19-11(9-3-5-10(14)6-4-9)17-18-13(19)20-12-15-7-2-8-16-12/h2-8H,1H3. The van der Waals surface area contributed by atoms with E-state index < -0.39 is 0 Å². The summed E-state index contributed by atoms with van der Waals surface area (Å²) in [7, 11) is 1.85. The van der Waals surface area contributed by atoms with Crippen molar-refractivity contribution in [3.63, 3.8) is 0 Å². The molecule has 2 heterocycles. The fourth-order valence-electron chi connectivity index (χ4n) is 1.67. The van der Waals surface area contributed by atoms with Crippen molar-refractivity contribution in [2.75, 3.05) is 0 Å². The van der Waals surface area contributed by atoms with Crippen LogP contribution in [0.3, 0.4) is 0 Å². The Hall–Kier alpha value is -2.28. The van der Waals surface area contributed by atoms with Crippen molar-refractivity contribution in [3.8, 4) is 11.4 Å². The van der Waals surface area contributed by atoms with Crippen LogP contribution < -0.4 is 0 Å². The van der Waals surface area contributed by atoms with Crippen LogP contribution in [0.5, 0.6) is 0 Å². The maximum atomic E-state index is 12.9. The Balaban J connectivity index is 1.91. The van der Waals surface area contributed by atoms with E-state index in [-0.39, 0.29) is 5.82 Å². The quantitative estimate of drug-likeness (QED) is 0.693. The SMILES string of the molecule is Cn1c(Sc2ncccn2)nnc1-c1ccc(F)cc1. The van der Waals surface area contributed by atoms with Crippen LogP contribution in [-0.2, 0) is 7.05 Å². The largest absolute Gasteiger partial charge is 0.305 e. The highest BCUT2D eigenvalue weighted by Crippen LogP contribution is 2.25. The molecule has 7 heteroatoms. The van der Waals surface area contributed by atoms with Crippen molar-refractivity contribution in [1.82, 2.24) is 24.7 Å². The molecule has 0 aliphatic heterocycles. The number of benzene rings is 1. The monoisotopic (exact) mass is 287 g/mol. The molecule has 0 aliphatic carbocycles. The number of nitrogens with zero attached hydrogens (tertiary/aromatic N) is 5. The number of hydrogen-bond acceptors (Lipinski definition) is 5. The third-order valence-electron chi connectivity index (χ3n) is 2.66. The molecule has 0 radical (unpaired) electrons. The summed E-state index contributed by atoms with van der Waals surface area (Å²) >= 11 is 1.33. The van der Waals surface area contributed by atoms with E-state index in [2.05, 4.69) is 20.2 Å². The summed E-state index contributed by atoms with van der Waals surface area (Å²) in [6, 6.07) is 7.90. The number of rotatable bonds is 3. The first-order valence-electron chi connectivity index (χ1n) is 5.84. The Labute approximate surface area is 118 Å². The Morgan fingerprint density at radius 1 is 1.05 bits per heavy atom. The molecule has 0 fully saturated rings. The zero-order chi connectivity index (χ0) is 13.9. The molecule has 0 unspecified atom stereocenters. The first kappa shape index (κ1) is 12.7. The van der Waals surface area contributed by atoms with Gasteiger partial charge in [0.1, 0.15) is 5.82 Å². The molecular formula is C13H10FN5S. The van der Waals surface area contributed by atoms with Gasteiger partial charge in [0.15, 0.2) is 16.1 Å². The number of halogens is 1. The molecule has 0 amide bonds. The summed E-state index contributed by atoms with van der Waals surface area (Å²) < 4.78 is 14.8. The van der Waals surface area contributed by atoms with Gasteiger partial charge in [-0.1, -0.05) is 0 Å². The maximum Gasteiger partial charge on any atom is 0.199 e. The van der Waals surface area contributed by atoms with Crippen molar-refractivity contribution < 1.29 is 4.39 Å². The van der Waals surface area contributed by atoms with E-state index in [1.54, 1.807) is 30.6 Å². The van der Waals surface area contributed by atoms with Crippen molar-refractivity contribution in [1.29, 1.82) is 0 Å². The van der Waals surface area contributed by atoms with Crippen LogP contribution >= 0.6 is 11.8 Å². The van der Waals surface area contributed by atoms with E-state index in [1.807, 2.05) is 11.6 Å². The van der Waals surface area contributed by atoms with Crippen LogP contribution in [0, 0.1) is 5.82 Å². The molecule has 3 aromatic rings. The summed E-state index contributed by atoms with van der Waals surface area (Å²) in [5.41, 5.74) is 0.808. The van der Waals surface area contributed by atoms with Crippen molar-refractivity contribution in [2.45, 2.75) is 10.3 Å². The van der Waals surface area contributed by atoms with Crippen molar-refractivity contribution >= 4 is 11.8 Å². The second kappa shape index (κ2) is 5.38. The molecule has 0 saturated heterocycles. The van der Waals surface area contributed by atoms with Gasteiger partial charge in [-0.3, -0.25) is 0 Å². The van der Waals surface area contributed by atoms with Gasteiger partial charge in [-0.05, 0) is 42.1 Å². The molecule has 0 spiro atoms. The lowest BCUT2D eigenvalue weighted by molar-refractivity contribution is 0.628. The second-order valence-corrected chi connectivity index (χ2v) is 4.94. The molecule has 0 aliphatic rings. The molecule has 100 valence electrons. The van der Waals surface area contributed by atoms with Crippen LogP contribution in [0.4, 0.5) is 4.39 Å². The van der Waals surface area contributed by atoms with Gasteiger partial charge < -0.3 is 4.57 Å². The van der Waals surface area contributed by atoms with Crippen LogP contribution in [0.15, 0.2) is 53.0 Å². The Morgan fingerprint density at radius 2 is 1.75 bits per heavy atom. The Bertz CT molecular complexity index is 711. The fraction of sp³-hybridized carbons (Fsp3) is 0.0769. The summed E-state index contributed by atoms with van der Waals surface area (Å²) in [6.07, 6.45) is 3.35. The molecule has 0 N–H and O–H groups in total. The number of aromatic nitrogens is 5. The molecule has 1 aromatic carbocycles. The Morgan fingerprint density at radius 3 is 2.45 bits per heavy atom. The van der Waals surface area contributed by atoms with Crippen LogP contribution in [0.25, 0.3) is 11.4 Å². The van der Waals surface area contributed by atoms with Gasteiger partial charge in [0.25, 0.3) is 0 Å². The molecule has 0 atom stereocenters. The second-order valence-electron chi connectivity index (χ2n) is 4.01. The van der Waals surface area contributed by atoms with Gasteiger partial charge in [0.2, 0.25) is 0 Å². The molecule has 5 nitrogen and oxygen atoms in total. The van der Waals surface area contributed by atoms with E-state index in [4.69, 9.17) is 0 Å². The minimum absolute atomic E-state index is 0.275. The zero-order valence-electron chi connectivity index (χ0n) is 10.6. The third-order valence-corrected chi connectivity index (χ3v) is 3.59. The van der Waals surface area contributed by atoms with Gasteiger partial charge >= 0.3 is 0 Å². The van der Waals surface area contributed by atoms with Crippen LogP contribution in [0.1, 0.15) is 0 Å². The van der Waals surface area contributed by atoms with E-state index in [0.29, 0.717) is 16.1 Å². The van der Waals surface area contributed by atoms with E-state index in [1.165, 1.54) is 23.9 Å². The first-order valence-corrected chi connectivity index (χ1v) is 6.66. The van der Waals surface area contributed by atoms with E-state index in [0.717, 1.165) is 5.56 Å². The maximum absolute atomic E-state index is 12.9. The summed E-state index contributed by atoms with van der Waals surface area (Å²) in [6.45, 7) is 0. The van der Waals surface area contributed by atoms with Crippen molar-refractivity contribution in [3.05, 3.63) is 48.5 Å². The predicted molar refractivity (Wildman–Crippen MR) is 72.6 cm³/mol. The van der Waals surface area contributed by atoms with Crippen LogP contribution in [0.2, 0.25) is 0 Å². The lowest BCUT2D eigenvalue weighted by Gasteiger charge is -2.03. The topological polar surface area (TPSA) is 56.5 Å². The van der Waals surface area contributed by atoms with Crippen LogP contribution in [-0.4, -0.2) is 24.7 Å². The van der Waals surface area contributed by atoms with E-state index in [9.17, 15) is 4.39 Å². The lowest BCUT2D eigenvalue weighted by atomic mass is 10.2. The average Bonchev–Trinajstić information content (AvgIpc) is 2.83. The molecule has 0 bridgehead atoms. The van der Waals surface area contributed by atoms with Gasteiger partial charge in [-0.15, -0.1) is 10.2 Å². The smallest absolute Gasteiger partial charge is 0.199 e. The average molecular weight is 287 g/mol. The highest BCUT2D eigenvalue weighted by Gasteiger charge is 2.12. The van der Waals surface area contributed by atoms with Gasteiger partial charge in [-0.2, -0.15) is 0 Å². The predicted octanol–water partition coefficient (Wildman–Crippen LogP) is 2.56. The first-order chi connectivity index (χ1) is 9.74. The summed E-state index contributed by atoms with van der Waals surface area (Å²) in [4.78, 5) is 8.26. The van der Waals surface area contributed by atoms with Gasteiger partial charge in [-0.25, -0.2) is 14.4 Å². The lowest BCUT2D eigenvalue weighted by Crippen LogP contribution is -1.95. The normalized spacial score (nSPS) is 10.7. The highest BCUT2D eigenvalue weighted by atomic mass is 32.2. The fourth-order valence-corrected chi connectivity index (χ4v) is 2.37. The Kier molecular flexibility index (Phi) is 3.42. The minimum atomic E-state index is -0.275. The third kappa shape index (κ3) is 2.53. The van der Waals surface area contributed by atoms with Gasteiger partial charge in [0, 0.05) is 25.0 Å². The minimum Gasteiger partial charge on any atom is -0.305 e. The van der Waals surface area contributed by atoms with Gasteiger partial charge in [0.05, 0.1) is 0 Å². The summed E-state index contributed by atoms with van der Waals surface area (Å²) in [5, 5.41) is 9.52. The van der Waals surface area contributed by atoms with E-state index >= 15 is 0 Å². The highest BCUT2D eigenvalue weighted by molar-refractivity contribution is 7.99. The zero-order valence-corrected chi connectivity index (χ0v) is 11.4.